The second kappa shape index (κ2) is 8.02. The molecule has 0 radical (unpaired) electrons. The lowest BCUT2D eigenvalue weighted by Gasteiger charge is -2.26. The summed E-state index contributed by atoms with van der Waals surface area (Å²) in [5.41, 5.74) is 2.24. The van der Waals surface area contributed by atoms with Gasteiger partial charge >= 0.3 is 0 Å². The zero-order chi connectivity index (χ0) is 16.2. The third-order valence-corrected chi connectivity index (χ3v) is 6.68. The summed E-state index contributed by atoms with van der Waals surface area (Å²) in [6.45, 7) is 12.1. The van der Waals surface area contributed by atoms with Crippen LogP contribution in [0.1, 0.15) is 98.8 Å². The Morgan fingerprint density at radius 3 is 2.36 bits per heavy atom. The molecule has 0 heterocycles. The van der Waals surface area contributed by atoms with Crippen LogP contribution in [0.4, 0.5) is 0 Å². The molecule has 1 fully saturated rings. The summed E-state index contributed by atoms with van der Waals surface area (Å²) in [7, 11) is 0. The smallest absolute Gasteiger partial charge is 0.00230 e. The van der Waals surface area contributed by atoms with Crippen LogP contribution in [0.5, 0.6) is 0 Å². The second-order valence-corrected chi connectivity index (χ2v) is 9.15. The van der Waals surface area contributed by atoms with Gasteiger partial charge in [0.15, 0.2) is 0 Å². The van der Waals surface area contributed by atoms with Gasteiger partial charge in [-0.05, 0) is 55.3 Å². The van der Waals surface area contributed by atoms with Crippen molar-refractivity contribution < 1.29 is 0 Å². The highest BCUT2D eigenvalue weighted by molar-refractivity contribution is 5.26. The molecular weight excluding hydrogens is 264 g/mol. The van der Waals surface area contributed by atoms with Crippen LogP contribution < -0.4 is 0 Å². The van der Waals surface area contributed by atoms with Gasteiger partial charge in [0.1, 0.15) is 0 Å². The molecule has 2 aliphatic carbocycles. The predicted octanol–water partition coefficient (Wildman–Crippen LogP) is 7.39. The summed E-state index contributed by atoms with van der Waals surface area (Å²) in [6, 6.07) is 0. The van der Waals surface area contributed by atoms with Crippen LogP contribution in [-0.2, 0) is 0 Å². The Kier molecular flexibility index (Phi) is 6.59. The molecule has 0 aromatic heterocycles. The van der Waals surface area contributed by atoms with Gasteiger partial charge in [-0.2, -0.15) is 0 Å². The van der Waals surface area contributed by atoms with E-state index in [1.54, 1.807) is 5.57 Å². The number of rotatable bonds is 12. The Labute approximate surface area is 140 Å². The molecule has 2 rings (SSSR count). The lowest BCUT2D eigenvalue weighted by Crippen LogP contribution is -2.16. The Morgan fingerprint density at radius 2 is 1.77 bits per heavy atom. The normalized spacial score (nSPS) is 28.4. The molecule has 4 atom stereocenters. The van der Waals surface area contributed by atoms with Crippen molar-refractivity contribution in [3.63, 3.8) is 0 Å². The zero-order valence-electron chi connectivity index (χ0n) is 16.0. The summed E-state index contributed by atoms with van der Waals surface area (Å²) < 4.78 is 0. The largest absolute Gasteiger partial charge is 0.0778 e. The lowest BCUT2D eigenvalue weighted by atomic mass is 9.79. The standard InChI is InChI=1S/C22H40/c1-6-17(2)13-14-22(4,5)21-16-20(21)12-10-8-7-9-11-19-15-18(19)3/h15,17,19-21H,6-14,16H2,1-5H3. The summed E-state index contributed by atoms with van der Waals surface area (Å²) in [6.07, 6.45) is 17.0. The molecule has 0 spiro atoms. The number of allylic oxidation sites excluding steroid dienone is 2. The van der Waals surface area contributed by atoms with E-state index in [-0.39, 0.29) is 0 Å². The summed E-state index contributed by atoms with van der Waals surface area (Å²) >= 11 is 0. The molecule has 0 amide bonds. The van der Waals surface area contributed by atoms with Crippen molar-refractivity contribution in [2.45, 2.75) is 98.8 Å². The Bertz CT molecular complexity index is 362. The van der Waals surface area contributed by atoms with Crippen LogP contribution in [-0.4, -0.2) is 0 Å². The monoisotopic (exact) mass is 304 g/mol. The van der Waals surface area contributed by atoms with Gasteiger partial charge in [-0.15, -0.1) is 0 Å². The quantitative estimate of drug-likeness (QED) is 0.260. The molecule has 0 aromatic rings. The van der Waals surface area contributed by atoms with E-state index in [2.05, 4.69) is 40.7 Å². The van der Waals surface area contributed by atoms with Crippen molar-refractivity contribution >= 4 is 0 Å². The van der Waals surface area contributed by atoms with Gasteiger partial charge in [-0.25, -0.2) is 0 Å². The van der Waals surface area contributed by atoms with Gasteiger partial charge < -0.3 is 0 Å². The molecule has 0 nitrogen and oxygen atoms in total. The van der Waals surface area contributed by atoms with Gasteiger partial charge in [-0.3, -0.25) is 0 Å². The van der Waals surface area contributed by atoms with E-state index in [1.165, 1.54) is 64.2 Å². The first-order valence-electron chi connectivity index (χ1n) is 10.1. The van der Waals surface area contributed by atoms with Gasteiger partial charge in [0, 0.05) is 0 Å². The van der Waals surface area contributed by atoms with Crippen LogP contribution in [0.3, 0.4) is 0 Å². The van der Waals surface area contributed by atoms with Crippen LogP contribution >= 0.6 is 0 Å². The highest BCUT2D eigenvalue weighted by Gasteiger charge is 2.46. The maximum atomic E-state index is 2.53. The molecule has 0 heteroatoms. The van der Waals surface area contributed by atoms with Gasteiger partial charge in [0.05, 0.1) is 0 Å². The molecule has 2 aliphatic rings. The minimum atomic E-state index is 0.600. The van der Waals surface area contributed by atoms with E-state index in [0.29, 0.717) is 5.41 Å². The first-order chi connectivity index (χ1) is 10.4. The van der Waals surface area contributed by atoms with Crippen molar-refractivity contribution in [2.75, 3.05) is 0 Å². The van der Waals surface area contributed by atoms with Crippen LogP contribution in [0.25, 0.3) is 0 Å². The molecular formula is C22H40. The van der Waals surface area contributed by atoms with Crippen LogP contribution in [0.2, 0.25) is 0 Å². The Morgan fingerprint density at radius 1 is 1.14 bits per heavy atom. The van der Waals surface area contributed by atoms with Crippen molar-refractivity contribution in [3.8, 4) is 0 Å². The SMILES string of the molecule is CCC(C)CCC(C)(C)C1CC1CCCCCCC1C=C1C. The van der Waals surface area contributed by atoms with Gasteiger partial charge in [0.25, 0.3) is 0 Å². The summed E-state index contributed by atoms with van der Waals surface area (Å²) in [5.74, 6) is 3.93. The fourth-order valence-electron chi connectivity index (χ4n) is 4.24. The highest BCUT2D eigenvalue weighted by atomic mass is 14.5. The van der Waals surface area contributed by atoms with E-state index in [1.807, 2.05) is 0 Å². The third kappa shape index (κ3) is 5.74. The molecule has 4 unspecified atom stereocenters. The first-order valence-corrected chi connectivity index (χ1v) is 10.1. The number of unbranched alkanes of at least 4 members (excludes halogenated alkanes) is 3. The van der Waals surface area contributed by atoms with E-state index in [0.717, 1.165) is 23.7 Å². The topological polar surface area (TPSA) is 0 Å². The van der Waals surface area contributed by atoms with Gasteiger partial charge in [0.2, 0.25) is 0 Å². The maximum absolute atomic E-state index is 2.53. The lowest BCUT2D eigenvalue weighted by molar-refractivity contribution is 0.239. The van der Waals surface area contributed by atoms with Crippen molar-refractivity contribution in [1.29, 1.82) is 0 Å². The highest BCUT2D eigenvalue weighted by Crippen LogP contribution is 2.55. The molecule has 0 aliphatic heterocycles. The Hall–Kier alpha value is -0.260. The minimum Gasteiger partial charge on any atom is -0.0778 e. The fraction of sp³-hybridized carbons (Fsp3) is 0.909. The van der Waals surface area contributed by atoms with E-state index < -0.39 is 0 Å². The molecule has 0 aromatic carbocycles. The minimum absolute atomic E-state index is 0.600. The zero-order valence-corrected chi connectivity index (χ0v) is 16.0. The number of hydrogen-bond donors (Lipinski definition) is 0. The first kappa shape index (κ1) is 18.1. The van der Waals surface area contributed by atoms with E-state index in [4.69, 9.17) is 0 Å². The second-order valence-electron chi connectivity index (χ2n) is 9.15. The maximum Gasteiger partial charge on any atom is -0.00230 e. The molecule has 0 bridgehead atoms. The molecule has 0 saturated heterocycles. The Balaban J connectivity index is 1.48. The summed E-state index contributed by atoms with van der Waals surface area (Å²) in [5, 5.41) is 0. The van der Waals surface area contributed by atoms with Crippen LogP contribution in [0, 0.1) is 29.1 Å². The molecule has 0 N–H and O–H groups in total. The van der Waals surface area contributed by atoms with Crippen LogP contribution in [0.15, 0.2) is 11.6 Å². The average molecular weight is 305 g/mol. The van der Waals surface area contributed by atoms with Crippen molar-refractivity contribution in [2.24, 2.45) is 29.1 Å². The fourth-order valence-corrected chi connectivity index (χ4v) is 4.24. The van der Waals surface area contributed by atoms with E-state index in [9.17, 15) is 0 Å². The van der Waals surface area contributed by atoms with Crippen molar-refractivity contribution in [1.82, 2.24) is 0 Å². The molecule has 128 valence electrons. The summed E-state index contributed by atoms with van der Waals surface area (Å²) in [4.78, 5) is 0. The molecule has 22 heavy (non-hydrogen) atoms. The molecule has 1 saturated carbocycles. The third-order valence-electron chi connectivity index (χ3n) is 6.68. The number of hydrogen-bond acceptors (Lipinski definition) is 0. The average Bonchev–Trinajstić information content (AvgIpc) is 3.38. The predicted molar refractivity (Wildman–Crippen MR) is 99.0 cm³/mol. The van der Waals surface area contributed by atoms with E-state index >= 15 is 0 Å². The van der Waals surface area contributed by atoms with Gasteiger partial charge in [-0.1, -0.05) is 84.3 Å². The van der Waals surface area contributed by atoms with Crippen molar-refractivity contribution in [3.05, 3.63) is 11.6 Å².